The highest BCUT2D eigenvalue weighted by atomic mass is 32.1. The number of halogens is 2. The van der Waals surface area contributed by atoms with Crippen LogP contribution in [0.5, 0.6) is 0 Å². The maximum Gasteiger partial charge on any atom is 0.319 e. The van der Waals surface area contributed by atoms with Crippen LogP contribution in [0.15, 0.2) is 54.7 Å². The second-order valence-electron chi connectivity index (χ2n) is 10.2. The quantitative estimate of drug-likeness (QED) is 0.273. The maximum absolute atomic E-state index is 14.2. The van der Waals surface area contributed by atoms with Crippen molar-refractivity contribution in [1.82, 2.24) is 15.3 Å². The Balaban J connectivity index is 1.49. The molecule has 9 heteroatoms. The molecule has 5 rings (SSSR count). The minimum Gasteiger partial charge on any atom is -0.391 e. The Bertz CT molecular complexity index is 1520. The summed E-state index contributed by atoms with van der Waals surface area (Å²) in [5.41, 5.74) is 3.81. The fourth-order valence-electron chi connectivity index (χ4n) is 5.08. The molecule has 0 bridgehead atoms. The highest BCUT2D eigenvalue weighted by molar-refractivity contribution is 7.15. The number of carbonyl (C=O) groups excluding carboxylic acids is 1. The van der Waals surface area contributed by atoms with Crippen molar-refractivity contribution in [3.05, 3.63) is 88.1 Å². The molecule has 0 spiro atoms. The van der Waals surface area contributed by atoms with Crippen LogP contribution in [0.1, 0.15) is 48.0 Å². The summed E-state index contributed by atoms with van der Waals surface area (Å²) < 4.78 is 28.3. The second kappa shape index (κ2) is 9.89. The van der Waals surface area contributed by atoms with Crippen molar-refractivity contribution in [1.29, 1.82) is 0 Å². The van der Waals surface area contributed by atoms with Gasteiger partial charge in [-0.25, -0.2) is 23.5 Å². The Morgan fingerprint density at radius 3 is 2.47 bits per heavy atom. The monoisotopic (exact) mass is 534 g/mol. The number of anilines is 1. The van der Waals surface area contributed by atoms with Crippen molar-refractivity contribution in [3.8, 4) is 21.8 Å². The summed E-state index contributed by atoms with van der Waals surface area (Å²) in [7, 11) is 0. The third kappa shape index (κ3) is 4.91. The van der Waals surface area contributed by atoms with Crippen LogP contribution in [0, 0.1) is 25.5 Å². The minimum atomic E-state index is -1.03. The predicted octanol–water partition coefficient (Wildman–Crippen LogP) is 6.67. The Morgan fingerprint density at radius 1 is 1.08 bits per heavy atom. The standard InChI is InChI=1S/C29H28F2N4O2S/c1-15-10-22(26(17-8-6-5-7-9-17)34-25(15)24-14-32-16(2)38-24)33-28(37)35-27-18-11-20(30)21(31)12-19(18)29(3,4)13-23(27)36/h5-12,14,23,27,36H,13H2,1-4H3,(H2,33,35,37)/t23-,27+/m1/s1. The molecule has 2 aromatic heterocycles. The van der Waals surface area contributed by atoms with Crippen LogP contribution in [0.4, 0.5) is 19.3 Å². The van der Waals surface area contributed by atoms with E-state index in [1.807, 2.05) is 64.1 Å². The zero-order valence-electron chi connectivity index (χ0n) is 21.5. The number of aliphatic hydroxyl groups excluding tert-OH is 1. The van der Waals surface area contributed by atoms with Gasteiger partial charge in [-0.3, -0.25) is 0 Å². The van der Waals surface area contributed by atoms with Crippen LogP contribution in [0.3, 0.4) is 0 Å². The lowest BCUT2D eigenvalue weighted by atomic mass is 9.69. The third-order valence-corrected chi connectivity index (χ3v) is 7.83. The summed E-state index contributed by atoms with van der Waals surface area (Å²) >= 11 is 1.54. The van der Waals surface area contributed by atoms with Crippen molar-refractivity contribution >= 4 is 23.1 Å². The van der Waals surface area contributed by atoms with Crippen LogP contribution >= 0.6 is 11.3 Å². The number of urea groups is 1. The molecule has 2 heterocycles. The fourth-order valence-corrected chi connectivity index (χ4v) is 5.91. The first-order valence-corrected chi connectivity index (χ1v) is 13.1. The molecular formula is C29H28F2N4O2S. The summed E-state index contributed by atoms with van der Waals surface area (Å²) in [4.78, 5) is 23.4. The number of fused-ring (bicyclic) bond motifs is 1. The van der Waals surface area contributed by atoms with Gasteiger partial charge >= 0.3 is 6.03 Å². The van der Waals surface area contributed by atoms with Gasteiger partial charge in [0.05, 0.1) is 39.1 Å². The van der Waals surface area contributed by atoms with E-state index in [1.165, 1.54) is 11.3 Å². The number of amides is 2. The first-order valence-electron chi connectivity index (χ1n) is 12.3. The maximum atomic E-state index is 14.2. The van der Waals surface area contributed by atoms with Gasteiger partial charge in [-0.05, 0) is 60.6 Å². The van der Waals surface area contributed by atoms with Gasteiger partial charge in [-0.2, -0.15) is 0 Å². The molecule has 2 amide bonds. The van der Waals surface area contributed by atoms with Gasteiger partial charge in [-0.1, -0.05) is 44.2 Å². The number of hydrogen-bond acceptors (Lipinski definition) is 5. The molecule has 0 fully saturated rings. The van der Waals surface area contributed by atoms with E-state index in [0.29, 0.717) is 22.5 Å². The van der Waals surface area contributed by atoms with Crippen LogP contribution in [0.25, 0.3) is 21.8 Å². The van der Waals surface area contributed by atoms with Gasteiger partial charge in [0.2, 0.25) is 0 Å². The van der Waals surface area contributed by atoms with Gasteiger partial charge in [0, 0.05) is 11.8 Å². The SMILES string of the molecule is Cc1ncc(-c2nc(-c3ccccc3)c(NC(=O)N[C@H]3c4cc(F)c(F)cc4C(C)(C)C[C@H]3O)cc2C)s1. The van der Waals surface area contributed by atoms with E-state index in [0.717, 1.165) is 38.8 Å². The first-order chi connectivity index (χ1) is 18.0. The topological polar surface area (TPSA) is 87.1 Å². The average Bonchev–Trinajstić information content (AvgIpc) is 3.29. The van der Waals surface area contributed by atoms with Gasteiger partial charge in [0.15, 0.2) is 11.6 Å². The Hall–Kier alpha value is -3.69. The van der Waals surface area contributed by atoms with E-state index in [1.54, 1.807) is 6.20 Å². The summed E-state index contributed by atoms with van der Waals surface area (Å²) in [5.74, 6) is -1.98. The fraction of sp³-hybridized carbons (Fsp3) is 0.276. The van der Waals surface area contributed by atoms with Crippen LogP contribution < -0.4 is 10.6 Å². The number of rotatable bonds is 4. The molecule has 6 nitrogen and oxygen atoms in total. The van der Waals surface area contributed by atoms with Gasteiger partial charge in [0.1, 0.15) is 0 Å². The number of nitrogens with one attached hydrogen (secondary N) is 2. The second-order valence-corrected chi connectivity index (χ2v) is 11.5. The molecule has 0 unspecified atom stereocenters. The molecule has 1 aliphatic rings. The number of aliphatic hydroxyl groups is 1. The molecule has 0 saturated heterocycles. The molecule has 0 aliphatic heterocycles. The molecule has 1 aliphatic carbocycles. The summed E-state index contributed by atoms with van der Waals surface area (Å²) in [6, 6.07) is 12.1. The number of benzene rings is 2. The lowest BCUT2D eigenvalue weighted by Crippen LogP contribution is -2.45. The Labute approximate surface area is 223 Å². The zero-order chi connectivity index (χ0) is 27.2. The number of carbonyl (C=O) groups is 1. The van der Waals surface area contributed by atoms with Crippen molar-refractivity contribution in [3.63, 3.8) is 0 Å². The van der Waals surface area contributed by atoms with Crippen LogP contribution in [-0.4, -0.2) is 27.2 Å². The van der Waals surface area contributed by atoms with E-state index in [2.05, 4.69) is 15.6 Å². The number of aryl methyl sites for hydroxylation is 2. The Morgan fingerprint density at radius 2 is 1.79 bits per heavy atom. The van der Waals surface area contributed by atoms with Crippen molar-refractivity contribution in [2.24, 2.45) is 0 Å². The molecule has 3 N–H and O–H groups in total. The molecule has 38 heavy (non-hydrogen) atoms. The summed E-state index contributed by atoms with van der Waals surface area (Å²) in [5, 5.41) is 17.5. The van der Waals surface area contributed by atoms with Gasteiger partial charge in [0.25, 0.3) is 0 Å². The van der Waals surface area contributed by atoms with Crippen LogP contribution in [-0.2, 0) is 5.41 Å². The molecule has 4 aromatic rings. The van der Waals surface area contributed by atoms with E-state index in [4.69, 9.17) is 4.98 Å². The molecule has 196 valence electrons. The van der Waals surface area contributed by atoms with E-state index < -0.39 is 35.2 Å². The van der Waals surface area contributed by atoms with Crippen molar-refractivity contribution in [2.45, 2.75) is 51.7 Å². The summed E-state index contributed by atoms with van der Waals surface area (Å²) in [6.45, 7) is 7.56. The number of pyridine rings is 1. The molecule has 0 radical (unpaired) electrons. The summed E-state index contributed by atoms with van der Waals surface area (Å²) in [6.07, 6.45) is 1.07. The largest absolute Gasteiger partial charge is 0.391 e. The molecule has 0 saturated carbocycles. The third-order valence-electron chi connectivity index (χ3n) is 6.91. The van der Waals surface area contributed by atoms with Crippen molar-refractivity contribution in [2.75, 3.05) is 5.32 Å². The van der Waals surface area contributed by atoms with E-state index in [-0.39, 0.29) is 6.42 Å². The highest BCUT2D eigenvalue weighted by Gasteiger charge is 2.40. The minimum absolute atomic E-state index is 0.273. The number of aromatic nitrogens is 2. The highest BCUT2D eigenvalue weighted by Crippen LogP contribution is 2.43. The molecule has 2 atom stereocenters. The lowest BCUT2D eigenvalue weighted by molar-refractivity contribution is 0.0878. The van der Waals surface area contributed by atoms with E-state index >= 15 is 0 Å². The van der Waals surface area contributed by atoms with Gasteiger partial charge < -0.3 is 15.7 Å². The first kappa shape index (κ1) is 25.9. The normalized spacial score (nSPS) is 18.1. The lowest BCUT2D eigenvalue weighted by Gasteiger charge is -2.40. The number of nitrogens with zero attached hydrogens (tertiary/aromatic N) is 2. The van der Waals surface area contributed by atoms with E-state index in [9.17, 15) is 18.7 Å². The smallest absolute Gasteiger partial charge is 0.319 e. The molecular weight excluding hydrogens is 506 g/mol. The average molecular weight is 535 g/mol. The van der Waals surface area contributed by atoms with Gasteiger partial charge in [-0.15, -0.1) is 11.3 Å². The van der Waals surface area contributed by atoms with Crippen LogP contribution in [0.2, 0.25) is 0 Å². The predicted molar refractivity (Wildman–Crippen MR) is 145 cm³/mol. The zero-order valence-corrected chi connectivity index (χ0v) is 22.3. The van der Waals surface area contributed by atoms with Crippen molar-refractivity contribution < 1.29 is 18.7 Å². The number of thiazole rings is 1. The Kier molecular flexibility index (Phi) is 6.75. The molecule has 2 aromatic carbocycles. The number of hydrogen-bond donors (Lipinski definition) is 3.